The number of benzene rings is 1. The van der Waals surface area contributed by atoms with Gasteiger partial charge in [0.1, 0.15) is 16.5 Å². The molecule has 0 aliphatic heterocycles. The maximum Gasteiger partial charge on any atom is 0.267 e. The number of carbonyl (C=O) groups excluding carboxylic acids is 2. The van der Waals surface area contributed by atoms with Crippen molar-refractivity contribution in [3.63, 3.8) is 0 Å². The predicted octanol–water partition coefficient (Wildman–Crippen LogP) is 2.32. The van der Waals surface area contributed by atoms with Crippen molar-refractivity contribution in [1.29, 1.82) is 0 Å². The molecule has 0 unspecified atom stereocenters. The minimum absolute atomic E-state index is 0.0769. The Balaban J connectivity index is 1.99. The average Bonchev–Trinajstić information content (AvgIpc) is 3.32. The summed E-state index contributed by atoms with van der Waals surface area (Å²) >= 11 is 1.08. The molecular formula is C24H34N6O5S. The molecule has 5 N–H and O–H groups in total. The van der Waals surface area contributed by atoms with Crippen LogP contribution in [0, 0.1) is 13.8 Å². The van der Waals surface area contributed by atoms with E-state index in [1.807, 2.05) is 6.92 Å². The maximum absolute atomic E-state index is 12.7. The number of thiazole rings is 1. The third-order valence-electron chi connectivity index (χ3n) is 5.28. The fraction of sp³-hybridized carbons (Fsp3) is 0.417. The van der Waals surface area contributed by atoms with Crippen molar-refractivity contribution >= 4 is 39.8 Å². The van der Waals surface area contributed by atoms with Crippen LogP contribution in [0.5, 0.6) is 5.75 Å². The van der Waals surface area contributed by atoms with Gasteiger partial charge in [-0.05, 0) is 32.4 Å². The van der Waals surface area contributed by atoms with Gasteiger partial charge < -0.3 is 35.8 Å². The number of carbonyl (C=O) groups is 2. The number of phenolic OH excluding ortho intramolecular Hbond substituents is 1. The van der Waals surface area contributed by atoms with Gasteiger partial charge in [0.15, 0.2) is 0 Å². The zero-order chi connectivity index (χ0) is 26.7. The molecule has 0 spiro atoms. The van der Waals surface area contributed by atoms with Gasteiger partial charge >= 0.3 is 0 Å². The molecule has 0 fully saturated rings. The lowest BCUT2D eigenvalue weighted by atomic mass is 10.1. The summed E-state index contributed by atoms with van der Waals surface area (Å²) in [6.45, 7) is 7.21. The Hall–Kier alpha value is -3.48. The lowest BCUT2D eigenvalue weighted by Crippen LogP contribution is -2.40. The molecule has 0 radical (unpaired) electrons. The van der Waals surface area contributed by atoms with Crippen molar-refractivity contribution in [1.82, 2.24) is 15.2 Å². The fourth-order valence-corrected chi connectivity index (χ4v) is 3.75. The number of phenols is 1. The minimum atomic E-state index is -0.358. The summed E-state index contributed by atoms with van der Waals surface area (Å²) in [5.41, 5.74) is 8.65. The Kier molecular flexibility index (Phi) is 11.3. The van der Waals surface area contributed by atoms with Gasteiger partial charge in [-0.3, -0.25) is 9.59 Å². The number of hydrogen-bond acceptors (Lipinski definition) is 9. The van der Waals surface area contributed by atoms with Crippen LogP contribution in [0.25, 0.3) is 0 Å². The molecule has 12 heteroatoms. The zero-order valence-corrected chi connectivity index (χ0v) is 22.1. The van der Waals surface area contributed by atoms with E-state index < -0.39 is 0 Å². The van der Waals surface area contributed by atoms with Gasteiger partial charge in [-0.1, -0.05) is 17.4 Å². The van der Waals surface area contributed by atoms with Crippen molar-refractivity contribution in [3.05, 3.63) is 46.1 Å². The van der Waals surface area contributed by atoms with Crippen LogP contribution >= 0.6 is 11.3 Å². The average molecular weight is 519 g/mol. The molecule has 0 saturated heterocycles. The highest BCUT2D eigenvalue weighted by Gasteiger charge is 2.15. The van der Waals surface area contributed by atoms with Crippen LogP contribution in [0.3, 0.4) is 0 Å². The molecule has 1 heterocycles. The molecule has 0 atom stereocenters. The minimum Gasteiger partial charge on any atom is -0.508 e. The number of methoxy groups -OCH3 is 2. The predicted molar refractivity (Wildman–Crippen MR) is 141 cm³/mol. The standard InChI is InChI=1S/C24H34N6O5S/c1-15-6-7-18(31)17(3)21(15)28-23(33)19-13-27-24(36-19)29-22(25)16(2)12-26-14-20(32)30(8-10-34-4)9-11-35-5/h6-7,12-13,26,31H,8-11,14H2,1-5H3,(H,28,33)(H2,25,27,29)/b16-12-. The van der Waals surface area contributed by atoms with Crippen molar-refractivity contribution in [2.75, 3.05) is 52.4 Å². The summed E-state index contributed by atoms with van der Waals surface area (Å²) in [4.78, 5) is 35.6. The number of amides is 2. The van der Waals surface area contributed by atoms with Crippen LogP contribution in [-0.4, -0.2) is 79.7 Å². The number of aryl methyl sites for hydroxylation is 1. The summed E-state index contributed by atoms with van der Waals surface area (Å²) in [6, 6.07) is 3.32. The van der Waals surface area contributed by atoms with Gasteiger partial charge in [0, 0.05) is 44.6 Å². The highest BCUT2D eigenvalue weighted by atomic mass is 32.1. The molecule has 0 aliphatic carbocycles. The second-order valence-electron chi connectivity index (χ2n) is 7.93. The SMILES string of the molecule is COCCN(CCOC)C(=O)CN/C=C(C)\C(N)=N/c1ncc(C(=O)Nc2c(C)ccc(O)c2C)s1. The van der Waals surface area contributed by atoms with E-state index in [-0.39, 0.29) is 29.9 Å². The van der Waals surface area contributed by atoms with Gasteiger partial charge in [-0.2, -0.15) is 0 Å². The molecular weight excluding hydrogens is 484 g/mol. The van der Waals surface area contributed by atoms with Gasteiger partial charge in [0.05, 0.1) is 31.6 Å². The van der Waals surface area contributed by atoms with E-state index in [0.29, 0.717) is 53.1 Å². The normalized spacial score (nSPS) is 11.9. The number of hydrogen-bond donors (Lipinski definition) is 4. The number of nitrogens with zero attached hydrogens (tertiary/aromatic N) is 3. The number of amidine groups is 1. The van der Waals surface area contributed by atoms with E-state index >= 15 is 0 Å². The number of anilines is 1. The number of nitrogens with one attached hydrogen (secondary N) is 2. The van der Waals surface area contributed by atoms with Crippen LogP contribution in [0.1, 0.15) is 27.7 Å². The lowest BCUT2D eigenvalue weighted by Gasteiger charge is -2.22. The van der Waals surface area contributed by atoms with Crippen LogP contribution in [0.2, 0.25) is 0 Å². The number of ether oxygens (including phenoxy) is 2. The molecule has 0 aliphatic rings. The van der Waals surface area contributed by atoms with E-state index in [4.69, 9.17) is 15.2 Å². The Morgan fingerprint density at radius 2 is 1.89 bits per heavy atom. The molecule has 2 amide bonds. The second-order valence-corrected chi connectivity index (χ2v) is 8.94. The molecule has 0 saturated carbocycles. The van der Waals surface area contributed by atoms with E-state index in [1.54, 1.807) is 51.3 Å². The molecule has 2 rings (SSSR count). The Morgan fingerprint density at radius 3 is 2.53 bits per heavy atom. The van der Waals surface area contributed by atoms with Gasteiger partial charge in [0.2, 0.25) is 11.0 Å². The highest BCUT2D eigenvalue weighted by molar-refractivity contribution is 7.17. The number of aromatic hydroxyl groups is 1. The topological polar surface area (TPSA) is 151 Å². The number of nitrogens with two attached hydrogens (primary N) is 1. The molecule has 0 bridgehead atoms. The zero-order valence-electron chi connectivity index (χ0n) is 21.3. The lowest BCUT2D eigenvalue weighted by molar-refractivity contribution is -0.131. The van der Waals surface area contributed by atoms with Gasteiger partial charge in [0.25, 0.3) is 5.91 Å². The van der Waals surface area contributed by atoms with E-state index in [1.165, 1.54) is 6.20 Å². The van der Waals surface area contributed by atoms with E-state index in [9.17, 15) is 14.7 Å². The van der Waals surface area contributed by atoms with Crippen molar-refractivity contribution in [3.8, 4) is 5.75 Å². The first kappa shape index (κ1) is 28.8. The molecule has 1 aromatic carbocycles. The maximum atomic E-state index is 12.7. The first-order chi connectivity index (χ1) is 17.2. The van der Waals surface area contributed by atoms with Crippen LogP contribution in [0.4, 0.5) is 10.8 Å². The van der Waals surface area contributed by atoms with Crippen LogP contribution in [-0.2, 0) is 14.3 Å². The van der Waals surface area contributed by atoms with Gasteiger partial charge in [-0.25, -0.2) is 9.98 Å². The number of rotatable bonds is 13. The van der Waals surface area contributed by atoms with Crippen molar-refractivity contribution in [2.45, 2.75) is 20.8 Å². The van der Waals surface area contributed by atoms with Gasteiger partial charge in [-0.15, -0.1) is 0 Å². The smallest absolute Gasteiger partial charge is 0.267 e. The van der Waals surface area contributed by atoms with Crippen molar-refractivity contribution in [2.24, 2.45) is 10.7 Å². The fourth-order valence-electron chi connectivity index (χ4n) is 3.06. The summed E-state index contributed by atoms with van der Waals surface area (Å²) in [7, 11) is 3.17. The Morgan fingerprint density at radius 1 is 1.22 bits per heavy atom. The monoisotopic (exact) mass is 518 g/mol. The summed E-state index contributed by atoms with van der Waals surface area (Å²) in [5, 5.41) is 16.0. The van der Waals surface area contributed by atoms with Crippen LogP contribution < -0.4 is 16.4 Å². The third kappa shape index (κ3) is 8.33. The summed E-state index contributed by atoms with van der Waals surface area (Å²) < 4.78 is 10.1. The third-order valence-corrected chi connectivity index (χ3v) is 6.17. The van der Waals surface area contributed by atoms with Crippen molar-refractivity contribution < 1.29 is 24.2 Å². The first-order valence-electron chi connectivity index (χ1n) is 11.2. The van der Waals surface area contributed by atoms with E-state index in [0.717, 1.165) is 16.9 Å². The summed E-state index contributed by atoms with van der Waals surface area (Å²) in [5.74, 6) is -0.153. The highest BCUT2D eigenvalue weighted by Crippen LogP contribution is 2.29. The Labute approximate surface area is 215 Å². The molecule has 11 nitrogen and oxygen atoms in total. The number of aromatic nitrogens is 1. The van der Waals surface area contributed by atoms with E-state index in [2.05, 4.69) is 20.6 Å². The summed E-state index contributed by atoms with van der Waals surface area (Å²) in [6.07, 6.45) is 3.03. The Bertz CT molecular complexity index is 1110. The molecule has 196 valence electrons. The molecule has 36 heavy (non-hydrogen) atoms. The number of aliphatic imine (C=N–C) groups is 1. The first-order valence-corrected chi connectivity index (χ1v) is 12.1. The molecule has 1 aromatic heterocycles. The quantitative estimate of drug-likeness (QED) is 0.233. The largest absolute Gasteiger partial charge is 0.508 e. The van der Waals surface area contributed by atoms with Crippen LogP contribution in [0.15, 0.2) is 35.1 Å². The second kappa shape index (κ2) is 14.2. The molecule has 2 aromatic rings.